The second-order valence-corrected chi connectivity index (χ2v) is 4.81. The first-order chi connectivity index (χ1) is 9.81. The zero-order valence-electron chi connectivity index (χ0n) is 10.1. The highest BCUT2D eigenvalue weighted by Gasteiger charge is 2.15. The molecule has 0 atom stereocenters. The number of thioether (sulfide) groups is 1. The van der Waals surface area contributed by atoms with Gasteiger partial charge in [-0.25, -0.2) is 0 Å². The Morgan fingerprint density at radius 1 is 1.40 bits per heavy atom. The Hall–Kier alpha value is -2.55. The summed E-state index contributed by atoms with van der Waals surface area (Å²) in [5.41, 5.74) is 1.69. The van der Waals surface area contributed by atoms with Gasteiger partial charge in [-0.05, 0) is 16.8 Å². The number of benzene rings is 1. The van der Waals surface area contributed by atoms with Crippen molar-refractivity contribution in [3.8, 4) is 11.4 Å². The quantitative estimate of drug-likeness (QED) is 0.628. The highest BCUT2D eigenvalue weighted by molar-refractivity contribution is 8.15. The van der Waals surface area contributed by atoms with Crippen molar-refractivity contribution in [2.75, 3.05) is 5.75 Å². The molecule has 3 rings (SSSR count). The first kappa shape index (κ1) is 12.5. The molecule has 0 saturated carbocycles. The smallest absolute Gasteiger partial charge is 0.236 e. The van der Waals surface area contributed by atoms with E-state index in [2.05, 4.69) is 36.1 Å². The molecule has 9 heteroatoms. The van der Waals surface area contributed by atoms with Crippen LogP contribution in [0.2, 0.25) is 0 Å². The summed E-state index contributed by atoms with van der Waals surface area (Å²) < 4.78 is 0. The van der Waals surface area contributed by atoms with Crippen molar-refractivity contribution in [3.63, 3.8) is 0 Å². The number of hydrogen-bond acceptors (Lipinski definition) is 7. The number of rotatable bonds is 3. The van der Waals surface area contributed by atoms with Crippen molar-refractivity contribution in [1.82, 2.24) is 25.9 Å². The molecule has 1 amide bonds. The van der Waals surface area contributed by atoms with Crippen LogP contribution in [0, 0.1) is 0 Å². The van der Waals surface area contributed by atoms with Gasteiger partial charge in [-0.3, -0.25) is 4.79 Å². The van der Waals surface area contributed by atoms with Gasteiger partial charge < -0.3 is 5.32 Å². The Labute approximate surface area is 117 Å². The third-order valence-electron chi connectivity index (χ3n) is 2.43. The molecular formula is C11H9N7OS. The average molecular weight is 287 g/mol. The number of amidine groups is 1. The molecule has 1 aliphatic heterocycles. The summed E-state index contributed by atoms with van der Waals surface area (Å²) in [5.74, 6) is 0.856. The van der Waals surface area contributed by atoms with E-state index in [0.717, 1.165) is 11.1 Å². The number of hydrogen-bond donors (Lipinski definition) is 2. The second-order valence-electron chi connectivity index (χ2n) is 3.85. The van der Waals surface area contributed by atoms with E-state index in [-0.39, 0.29) is 5.91 Å². The van der Waals surface area contributed by atoms with Crippen LogP contribution in [0.3, 0.4) is 0 Å². The second kappa shape index (κ2) is 5.61. The standard InChI is InChI=1S/C11H9N7OS/c19-9-6-20-11(13-9)16-12-5-7-2-1-3-8(4-7)10-14-17-18-15-10/h1-5H,6H2,(H,13,16,19)(H,14,15,17,18). The van der Waals surface area contributed by atoms with Gasteiger partial charge in [-0.15, -0.1) is 15.3 Å². The maximum atomic E-state index is 11.0. The third kappa shape index (κ3) is 2.88. The summed E-state index contributed by atoms with van der Waals surface area (Å²) >= 11 is 1.33. The summed E-state index contributed by atoms with van der Waals surface area (Å²) in [4.78, 5) is 11.0. The first-order valence-electron chi connectivity index (χ1n) is 5.69. The Kier molecular flexibility index (Phi) is 3.50. The lowest BCUT2D eigenvalue weighted by Crippen LogP contribution is -2.19. The highest BCUT2D eigenvalue weighted by atomic mass is 32.2. The Bertz CT molecular complexity index is 680. The van der Waals surface area contributed by atoms with Crippen LogP contribution < -0.4 is 5.32 Å². The predicted molar refractivity (Wildman–Crippen MR) is 75.2 cm³/mol. The number of aromatic amines is 1. The number of nitrogens with one attached hydrogen (secondary N) is 2. The lowest BCUT2D eigenvalue weighted by molar-refractivity contribution is -0.116. The van der Waals surface area contributed by atoms with Gasteiger partial charge in [-0.1, -0.05) is 30.0 Å². The minimum atomic E-state index is -0.0527. The fourth-order valence-electron chi connectivity index (χ4n) is 1.57. The molecule has 0 spiro atoms. The van der Waals surface area contributed by atoms with Crippen LogP contribution in [0.1, 0.15) is 5.56 Å². The molecule has 1 aromatic heterocycles. The number of carbonyl (C=O) groups excluding carboxylic acids is 1. The zero-order valence-corrected chi connectivity index (χ0v) is 11.0. The largest absolute Gasteiger partial charge is 0.303 e. The van der Waals surface area contributed by atoms with Crippen LogP contribution in [-0.4, -0.2) is 43.7 Å². The molecule has 1 saturated heterocycles. The van der Waals surface area contributed by atoms with E-state index in [9.17, 15) is 4.79 Å². The topological polar surface area (TPSA) is 108 Å². The number of H-pyrrole nitrogens is 1. The number of nitrogens with zero attached hydrogens (tertiary/aromatic N) is 5. The molecule has 0 radical (unpaired) electrons. The van der Waals surface area contributed by atoms with E-state index >= 15 is 0 Å². The predicted octanol–water partition coefficient (Wildman–Crippen LogP) is 0.420. The minimum absolute atomic E-state index is 0.0527. The first-order valence-corrected chi connectivity index (χ1v) is 6.67. The van der Waals surface area contributed by atoms with Crippen LogP contribution in [0.5, 0.6) is 0 Å². The van der Waals surface area contributed by atoms with E-state index in [1.54, 1.807) is 6.21 Å². The lowest BCUT2D eigenvalue weighted by atomic mass is 10.1. The van der Waals surface area contributed by atoms with Gasteiger partial charge in [0.2, 0.25) is 11.7 Å². The van der Waals surface area contributed by atoms with Crippen molar-refractivity contribution in [2.45, 2.75) is 0 Å². The number of tetrazole rings is 1. The van der Waals surface area contributed by atoms with E-state index in [0.29, 0.717) is 16.7 Å². The summed E-state index contributed by atoms with van der Waals surface area (Å²) in [6.07, 6.45) is 1.60. The van der Waals surface area contributed by atoms with Crippen LogP contribution in [0.15, 0.2) is 34.5 Å². The van der Waals surface area contributed by atoms with Gasteiger partial charge in [0.15, 0.2) is 5.17 Å². The van der Waals surface area contributed by atoms with Gasteiger partial charge in [0.05, 0.1) is 12.0 Å². The van der Waals surface area contributed by atoms with Gasteiger partial charge >= 0.3 is 0 Å². The number of amides is 1. The molecule has 1 aromatic carbocycles. The van der Waals surface area contributed by atoms with Crippen LogP contribution >= 0.6 is 11.8 Å². The Morgan fingerprint density at radius 2 is 2.35 bits per heavy atom. The van der Waals surface area contributed by atoms with Crippen molar-refractivity contribution in [3.05, 3.63) is 29.8 Å². The maximum Gasteiger partial charge on any atom is 0.236 e. The van der Waals surface area contributed by atoms with E-state index in [1.807, 2.05) is 24.3 Å². The number of carbonyl (C=O) groups is 1. The molecule has 1 fully saturated rings. The molecule has 2 heterocycles. The monoisotopic (exact) mass is 287 g/mol. The summed E-state index contributed by atoms with van der Waals surface area (Å²) in [6, 6.07) is 7.50. The van der Waals surface area contributed by atoms with Gasteiger partial charge in [-0.2, -0.15) is 10.3 Å². The molecule has 20 heavy (non-hydrogen) atoms. The molecule has 0 bridgehead atoms. The molecule has 1 aliphatic rings. The fraction of sp³-hybridized carbons (Fsp3) is 0.0909. The third-order valence-corrected chi connectivity index (χ3v) is 3.30. The fourth-order valence-corrected chi connectivity index (χ4v) is 2.20. The van der Waals surface area contributed by atoms with Crippen molar-refractivity contribution in [2.24, 2.45) is 10.2 Å². The molecule has 2 N–H and O–H groups in total. The van der Waals surface area contributed by atoms with Crippen LogP contribution in [-0.2, 0) is 4.79 Å². The summed E-state index contributed by atoms with van der Waals surface area (Å²) in [7, 11) is 0. The van der Waals surface area contributed by atoms with Crippen molar-refractivity contribution < 1.29 is 4.79 Å². The van der Waals surface area contributed by atoms with E-state index in [4.69, 9.17) is 0 Å². The zero-order chi connectivity index (χ0) is 13.8. The molecule has 8 nitrogen and oxygen atoms in total. The lowest BCUT2D eigenvalue weighted by Gasteiger charge is -1.96. The van der Waals surface area contributed by atoms with Gasteiger partial charge in [0, 0.05) is 5.56 Å². The number of aromatic nitrogens is 4. The Morgan fingerprint density at radius 3 is 3.10 bits per heavy atom. The molecule has 0 unspecified atom stereocenters. The molecular weight excluding hydrogens is 278 g/mol. The maximum absolute atomic E-state index is 11.0. The molecule has 0 aliphatic carbocycles. The minimum Gasteiger partial charge on any atom is -0.303 e. The van der Waals surface area contributed by atoms with Crippen LogP contribution in [0.4, 0.5) is 0 Å². The van der Waals surface area contributed by atoms with Crippen molar-refractivity contribution >= 4 is 29.1 Å². The normalized spacial score (nSPS) is 17.0. The SMILES string of the molecule is O=C1CSC(=NN=Cc2cccc(-c3nn[nH]n3)c2)N1. The summed E-state index contributed by atoms with van der Waals surface area (Å²) in [6.45, 7) is 0. The Balaban J connectivity index is 1.75. The van der Waals surface area contributed by atoms with Gasteiger partial charge in [0.1, 0.15) is 0 Å². The molecule has 2 aromatic rings. The molecule has 100 valence electrons. The van der Waals surface area contributed by atoms with E-state index in [1.165, 1.54) is 11.8 Å². The average Bonchev–Trinajstić information content (AvgIpc) is 3.11. The van der Waals surface area contributed by atoms with Gasteiger partial charge in [0.25, 0.3) is 0 Å². The van der Waals surface area contributed by atoms with Crippen molar-refractivity contribution in [1.29, 1.82) is 0 Å². The van der Waals surface area contributed by atoms with E-state index < -0.39 is 0 Å². The van der Waals surface area contributed by atoms with Crippen LogP contribution in [0.25, 0.3) is 11.4 Å². The summed E-state index contributed by atoms with van der Waals surface area (Å²) in [5, 5.41) is 24.7. The highest BCUT2D eigenvalue weighted by Crippen LogP contribution is 2.14.